The molecule has 0 N–H and O–H groups in total. The van der Waals surface area contributed by atoms with Gasteiger partial charge in [-0.1, -0.05) is 41.6 Å². The highest BCUT2D eigenvalue weighted by molar-refractivity contribution is 8.13. The molecule has 22 heavy (non-hydrogen) atoms. The Morgan fingerprint density at radius 2 is 2.14 bits per heavy atom. The topological polar surface area (TPSA) is 45.8 Å². The van der Waals surface area contributed by atoms with E-state index in [-0.39, 0.29) is 5.91 Å². The van der Waals surface area contributed by atoms with Crippen molar-refractivity contribution in [1.82, 2.24) is 4.90 Å². The van der Waals surface area contributed by atoms with E-state index >= 15 is 0 Å². The van der Waals surface area contributed by atoms with Gasteiger partial charge in [0.1, 0.15) is 11.5 Å². The van der Waals surface area contributed by atoms with Crippen LogP contribution < -0.4 is 0 Å². The predicted molar refractivity (Wildman–Crippen MR) is 89.6 cm³/mol. The van der Waals surface area contributed by atoms with Gasteiger partial charge in [0.25, 0.3) is 5.91 Å². The van der Waals surface area contributed by atoms with Gasteiger partial charge in [-0.15, -0.1) is 0 Å². The minimum absolute atomic E-state index is 0.152. The van der Waals surface area contributed by atoms with E-state index in [1.54, 1.807) is 29.4 Å². The zero-order chi connectivity index (χ0) is 15.5. The Morgan fingerprint density at radius 3 is 2.82 bits per heavy atom. The molecule has 1 aromatic carbocycles. The van der Waals surface area contributed by atoms with Crippen LogP contribution in [0.2, 0.25) is 5.02 Å². The molecule has 0 spiro atoms. The second kappa shape index (κ2) is 6.42. The lowest BCUT2D eigenvalue weighted by Crippen LogP contribution is -2.29. The maximum atomic E-state index is 12.6. The van der Waals surface area contributed by atoms with Gasteiger partial charge >= 0.3 is 0 Å². The van der Waals surface area contributed by atoms with Gasteiger partial charge in [-0.3, -0.25) is 9.69 Å². The molecule has 0 saturated heterocycles. The van der Waals surface area contributed by atoms with Crippen molar-refractivity contribution in [3.63, 3.8) is 0 Å². The van der Waals surface area contributed by atoms with Gasteiger partial charge in [-0.2, -0.15) is 0 Å². The Hall–Kier alpha value is -1.98. The van der Waals surface area contributed by atoms with Crippen molar-refractivity contribution in [3.05, 3.63) is 64.7 Å². The molecule has 0 saturated carbocycles. The SMILES string of the molecule is CSC1=N/C(=C\c2ccco2)C(=O)N1Cc1ccccc1Cl. The molecule has 1 aliphatic heterocycles. The van der Waals surface area contributed by atoms with Gasteiger partial charge in [0.2, 0.25) is 0 Å². The summed E-state index contributed by atoms with van der Waals surface area (Å²) in [6, 6.07) is 11.0. The normalized spacial score (nSPS) is 16.5. The molecule has 6 heteroatoms. The van der Waals surface area contributed by atoms with Crippen LogP contribution in [0.1, 0.15) is 11.3 Å². The number of hydrogen-bond donors (Lipinski definition) is 0. The van der Waals surface area contributed by atoms with E-state index in [0.29, 0.717) is 28.2 Å². The third kappa shape index (κ3) is 2.96. The molecular weight excluding hydrogens is 320 g/mol. The summed E-state index contributed by atoms with van der Waals surface area (Å²) in [6.07, 6.45) is 5.10. The Morgan fingerprint density at radius 1 is 1.32 bits per heavy atom. The number of aliphatic imine (C=N–C) groups is 1. The average Bonchev–Trinajstić information content (AvgIpc) is 3.12. The maximum Gasteiger partial charge on any atom is 0.278 e. The number of rotatable bonds is 3. The molecule has 1 aliphatic rings. The lowest BCUT2D eigenvalue weighted by molar-refractivity contribution is -0.122. The van der Waals surface area contributed by atoms with Crippen LogP contribution >= 0.6 is 23.4 Å². The molecule has 1 aromatic heterocycles. The van der Waals surface area contributed by atoms with Gasteiger partial charge in [0.05, 0.1) is 12.8 Å². The molecule has 2 aromatic rings. The minimum Gasteiger partial charge on any atom is -0.465 e. The third-order valence-electron chi connectivity index (χ3n) is 3.20. The first kappa shape index (κ1) is 14.9. The number of carbonyl (C=O) groups excluding carboxylic acids is 1. The Bertz CT molecular complexity index is 753. The Balaban J connectivity index is 1.88. The summed E-state index contributed by atoms with van der Waals surface area (Å²) in [7, 11) is 0. The van der Waals surface area contributed by atoms with Crippen molar-refractivity contribution in [2.75, 3.05) is 6.26 Å². The monoisotopic (exact) mass is 332 g/mol. The summed E-state index contributed by atoms with van der Waals surface area (Å²) in [4.78, 5) is 18.6. The van der Waals surface area contributed by atoms with Crippen LogP contribution in [0.4, 0.5) is 0 Å². The smallest absolute Gasteiger partial charge is 0.278 e. The molecule has 1 amide bonds. The fourth-order valence-corrected chi connectivity index (χ4v) is 2.88. The minimum atomic E-state index is -0.152. The number of carbonyl (C=O) groups is 1. The molecule has 0 radical (unpaired) electrons. The molecule has 0 unspecified atom stereocenters. The summed E-state index contributed by atoms with van der Waals surface area (Å²) < 4.78 is 5.24. The standard InChI is InChI=1S/C16H13ClN2O2S/c1-22-16-18-14(9-12-6-4-8-21-12)15(20)19(16)10-11-5-2-3-7-13(11)17/h2-9H,10H2,1H3/b14-9-. The fraction of sp³-hybridized carbons (Fsp3) is 0.125. The molecular formula is C16H13ClN2O2S. The molecule has 112 valence electrons. The number of furan rings is 1. The van der Waals surface area contributed by atoms with Crippen LogP contribution in [0.15, 0.2) is 57.8 Å². The van der Waals surface area contributed by atoms with E-state index in [2.05, 4.69) is 4.99 Å². The van der Waals surface area contributed by atoms with Gasteiger partial charge in [0, 0.05) is 11.1 Å². The molecule has 0 bridgehead atoms. The summed E-state index contributed by atoms with van der Waals surface area (Å²) in [5, 5.41) is 1.29. The second-order valence-corrected chi connectivity index (χ2v) is 5.81. The average molecular weight is 333 g/mol. The number of amides is 1. The van der Waals surface area contributed by atoms with Crippen molar-refractivity contribution in [2.45, 2.75) is 6.54 Å². The quantitative estimate of drug-likeness (QED) is 0.797. The summed E-state index contributed by atoms with van der Waals surface area (Å²) >= 11 is 7.60. The van der Waals surface area contributed by atoms with E-state index in [4.69, 9.17) is 16.0 Å². The lowest BCUT2D eigenvalue weighted by atomic mass is 10.2. The molecule has 3 rings (SSSR count). The predicted octanol–water partition coefficient (Wildman–Crippen LogP) is 4.04. The zero-order valence-electron chi connectivity index (χ0n) is 11.8. The van der Waals surface area contributed by atoms with Crippen LogP contribution in [0.5, 0.6) is 0 Å². The van der Waals surface area contributed by atoms with Gasteiger partial charge < -0.3 is 4.42 Å². The van der Waals surface area contributed by atoms with E-state index in [1.165, 1.54) is 11.8 Å². The van der Waals surface area contributed by atoms with Crippen molar-refractivity contribution < 1.29 is 9.21 Å². The van der Waals surface area contributed by atoms with Gasteiger partial charge in [0.15, 0.2) is 5.17 Å². The number of benzene rings is 1. The first-order valence-electron chi connectivity index (χ1n) is 6.62. The Labute approximate surface area is 137 Å². The van der Waals surface area contributed by atoms with E-state index < -0.39 is 0 Å². The van der Waals surface area contributed by atoms with Crippen LogP contribution in [-0.4, -0.2) is 22.2 Å². The molecule has 0 fully saturated rings. The number of amidine groups is 1. The molecule has 0 aliphatic carbocycles. The number of thioether (sulfide) groups is 1. The second-order valence-electron chi connectivity index (χ2n) is 4.63. The zero-order valence-corrected chi connectivity index (χ0v) is 13.4. The van der Waals surface area contributed by atoms with Crippen LogP contribution in [0, 0.1) is 0 Å². The summed E-state index contributed by atoms with van der Waals surface area (Å²) in [6.45, 7) is 0.397. The van der Waals surface area contributed by atoms with Gasteiger partial charge in [-0.25, -0.2) is 4.99 Å². The lowest BCUT2D eigenvalue weighted by Gasteiger charge is -2.17. The van der Waals surface area contributed by atoms with Crippen molar-refractivity contribution in [2.24, 2.45) is 4.99 Å². The highest BCUT2D eigenvalue weighted by Gasteiger charge is 2.30. The molecule has 4 nitrogen and oxygen atoms in total. The highest BCUT2D eigenvalue weighted by Crippen LogP contribution is 2.26. The maximum absolute atomic E-state index is 12.6. The van der Waals surface area contributed by atoms with Crippen LogP contribution in [-0.2, 0) is 11.3 Å². The molecule has 0 atom stereocenters. The van der Waals surface area contributed by atoms with Gasteiger partial charge in [-0.05, 0) is 30.0 Å². The van der Waals surface area contributed by atoms with Crippen LogP contribution in [0.25, 0.3) is 6.08 Å². The first-order chi connectivity index (χ1) is 10.7. The summed E-state index contributed by atoms with van der Waals surface area (Å²) in [5.41, 5.74) is 1.25. The third-order valence-corrected chi connectivity index (χ3v) is 4.25. The van der Waals surface area contributed by atoms with Crippen molar-refractivity contribution >= 4 is 40.5 Å². The summed E-state index contributed by atoms with van der Waals surface area (Å²) in [5.74, 6) is 0.452. The fourth-order valence-electron chi connectivity index (χ4n) is 2.13. The van der Waals surface area contributed by atoms with E-state index in [1.807, 2.05) is 30.5 Å². The number of hydrogen-bond acceptors (Lipinski definition) is 4. The molecule has 2 heterocycles. The van der Waals surface area contributed by atoms with Crippen molar-refractivity contribution in [1.29, 1.82) is 0 Å². The first-order valence-corrected chi connectivity index (χ1v) is 8.22. The largest absolute Gasteiger partial charge is 0.465 e. The Kier molecular flexibility index (Phi) is 4.36. The van der Waals surface area contributed by atoms with Crippen LogP contribution in [0.3, 0.4) is 0 Å². The van der Waals surface area contributed by atoms with Crippen molar-refractivity contribution in [3.8, 4) is 0 Å². The van der Waals surface area contributed by atoms with E-state index in [0.717, 1.165) is 5.56 Å². The number of halogens is 1. The van der Waals surface area contributed by atoms with E-state index in [9.17, 15) is 4.79 Å². The highest BCUT2D eigenvalue weighted by atomic mass is 35.5. The number of nitrogens with zero attached hydrogens (tertiary/aromatic N) is 2.